The predicted octanol–water partition coefficient (Wildman–Crippen LogP) is 5.43. The predicted molar refractivity (Wildman–Crippen MR) is 159 cm³/mol. The van der Waals surface area contributed by atoms with E-state index in [1.165, 1.54) is 37.7 Å². The zero-order chi connectivity index (χ0) is 28.1. The standard InChI is InChI=1S/C26H30ClN5O4S2/c1-16(29-30-26(37-6)38-18(3)24(33)19-11-9-12-21(27)14-19)17(2)31-36-15-20-10-7-8-13-22(20)23(32-35-5)25(34)28-4/h7-14,18H,15H2,1-6H3,(H,28,34). The molecule has 0 aliphatic heterocycles. The van der Waals surface area contributed by atoms with Crippen LogP contribution < -0.4 is 5.32 Å². The third kappa shape index (κ3) is 9.30. The van der Waals surface area contributed by atoms with Gasteiger partial charge in [0.15, 0.2) is 15.9 Å². The lowest BCUT2D eigenvalue weighted by atomic mass is 10.0. The first-order valence-corrected chi connectivity index (χ1v) is 13.9. The quantitative estimate of drug-likeness (QED) is 0.165. The average Bonchev–Trinajstić information content (AvgIpc) is 2.93. The first-order valence-electron chi connectivity index (χ1n) is 11.4. The van der Waals surface area contributed by atoms with Gasteiger partial charge < -0.3 is 15.0 Å². The van der Waals surface area contributed by atoms with Crippen LogP contribution in [0.25, 0.3) is 0 Å². The van der Waals surface area contributed by atoms with E-state index in [0.717, 1.165) is 0 Å². The fraction of sp³-hybridized carbons (Fsp3) is 0.308. The number of likely N-dealkylation sites (N-methyl/N-ethyl adjacent to an activating group) is 1. The Kier molecular flexibility index (Phi) is 13.0. The number of halogens is 1. The van der Waals surface area contributed by atoms with Gasteiger partial charge in [0.25, 0.3) is 5.91 Å². The lowest BCUT2D eigenvalue weighted by molar-refractivity contribution is -0.114. The minimum absolute atomic E-state index is 0.0403. The Labute approximate surface area is 236 Å². The van der Waals surface area contributed by atoms with Crippen molar-refractivity contribution in [3.63, 3.8) is 0 Å². The van der Waals surface area contributed by atoms with Crippen molar-refractivity contribution >= 4 is 68.3 Å². The first-order chi connectivity index (χ1) is 18.2. The SMILES string of the molecule is CNC(=O)C(=NOC)c1ccccc1CON=C(C)C(C)=NN=C(SC)SC(C)C(=O)c1cccc(Cl)c1. The molecule has 1 N–H and O–H groups in total. The molecule has 0 spiro atoms. The molecule has 0 radical (unpaired) electrons. The molecule has 9 nitrogen and oxygen atoms in total. The molecular formula is C26H30ClN5O4S2. The molecule has 0 aliphatic carbocycles. The van der Waals surface area contributed by atoms with Crippen molar-refractivity contribution in [2.24, 2.45) is 20.5 Å². The van der Waals surface area contributed by atoms with Crippen LogP contribution in [0.2, 0.25) is 5.02 Å². The van der Waals surface area contributed by atoms with Crippen LogP contribution in [-0.2, 0) is 21.1 Å². The molecule has 12 heteroatoms. The van der Waals surface area contributed by atoms with E-state index in [9.17, 15) is 9.59 Å². The zero-order valence-corrected chi connectivity index (χ0v) is 24.4. The number of rotatable bonds is 11. The highest BCUT2D eigenvalue weighted by molar-refractivity contribution is 8.39. The van der Waals surface area contributed by atoms with Gasteiger partial charge in [-0.1, -0.05) is 70.1 Å². The molecule has 38 heavy (non-hydrogen) atoms. The number of thioether (sulfide) groups is 2. The number of hydrogen-bond donors (Lipinski definition) is 1. The van der Waals surface area contributed by atoms with E-state index in [1.54, 1.807) is 50.2 Å². The Morgan fingerprint density at radius 2 is 1.79 bits per heavy atom. The van der Waals surface area contributed by atoms with Gasteiger partial charge in [0, 0.05) is 28.8 Å². The van der Waals surface area contributed by atoms with E-state index in [-0.39, 0.29) is 29.3 Å². The summed E-state index contributed by atoms with van der Waals surface area (Å²) in [6, 6.07) is 14.1. The molecular weight excluding hydrogens is 546 g/mol. The van der Waals surface area contributed by atoms with Crippen LogP contribution in [0.3, 0.4) is 0 Å². The van der Waals surface area contributed by atoms with Crippen LogP contribution in [-0.4, -0.2) is 58.9 Å². The summed E-state index contributed by atoms with van der Waals surface area (Å²) in [6.45, 7) is 5.43. The largest absolute Gasteiger partial charge is 0.398 e. The van der Waals surface area contributed by atoms with E-state index in [4.69, 9.17) is 21.3 Å². The van der Waals surface area contributed by atoms with E-state index < -0.39 is 0 Å². The number of ketones is 1. The Balaban J connectivity index is 2.08. The Bertz CT molecular complexity index is 1260. The van der Waals surface area contributed by atoms with Crippen LogP contribution >= 0.6 is 35.1 Å². The molecule has 0 fully saturated rings. The number of Topliss-reactive ketones (excluding diaryl/α,β-unsaturated/α-hetero) is 1. The number of benzene rings is 2. The Morgan fingerprint density at radius 1 is 1.05 bits per heavy atom. The molecule has 0 aromatic heterocycles. The molecule has 202 valence electrons. The molecule has 0 aliphatic rings. The average molecular weight is 576 g/mol. The summed E-state index contributed by atoms with van der Waals surface area (Å²) in [5, 5.41) is 19.2. The number of carbonyl (C=O) groups excluding carboxylic acids is 2. The second-order valence-corrected chi connectivity index (χ2v) is 10.5. The van der Waals surface area contributed by atoms with Crippen molar-refractivity contribution in [3.05, 3.63) is 70.2 Å². The van der Waals surface area contributed by atoms with Gasteiger partial charge in [-0.05, 0) is 39.2 Å². The maximum Gasteiger partial charge on any atom is 0.273 e. The molecule has 2 aromatic carbocycles. The smallest absolute Gasteiger partial charge is 0.273 e. The highest BCUT2D eigenvalue weighted by Crippen LogP contribution is 2.24. The van der Waals surface area contributed by atoms with E-state index in [0.29, 0.717) is 37.5 Å². The van der Waals surface area contributed by atoms with Gasteiger partial charge in [-0.15, -0.1) is 16.9 Å². The number of amides is 1. The summed E-state index contributed by atoms with van der Waals surface area (Å²) >= 11 is 8.73. The summed E-state index contributed by atoms with van der Waals surface area (Å²) in [6.07, 6.45) is 1.87. The number of nitrogens with one attached hydrogen (secondary N) is 1. The maximum absolute atomic E-state index is 12.7. The lowest BCUT2D eigenvalue weighted by Gasteiger charge is -2.10. The second-order valence-electron chi connectivity index (χ2n) is 7.70. The monoisotopic (exact) mass is 575 g/mol. The van der Waals surface area contributed by atoms with Crippen molar-refractivity contribution in [2.45, 2.75) is 32.6 Å². The molecule has 1 atom stereocenters. The summed E-state index contributed by atoms with van der Waals surface area (Å²) in [5.74, 6) is -0.424. The minimum atomic E-state index is -0.383. The Hall–Kier alpha value is -3.15. The molecule has 0 saturated heterocycles. The number of oxime groups is 2. The van der Waals surface area contributed by atoms with Gasteiger partial charge in [-0.25, -0.2) is 0 Å². The van der Waals surface area contributed by atoms with Crippen LogP contribution in [0.4, 0.5) is 0 Å². The van der Waals surface area contributed by atoms with Crippen LogP contribution in [0.1, 0.15) is 42.3 Å². The zero-order valence-electron chi connectivity index (χ0n) is 22.0. The van der Waals surface area contributed by atoms with Crippen molar-refractivity contribution in [3.8, 4) is 0 Å². The van der Waals surface area contributed by atoms with Crippen molar-refractivity contribution in [1.29, 1.82) is 0 Å². The highest BCUT2D eigenvalue weighted by atomic mass is 35.5. The summed E-state index contributed by atoms with van der Waals surface area (Å²) in [5.41, 5.74) is 3.03. The molecule has 0 heterocycles. The van der Waals surface area contributed by atoms with Gasteiger partial charge in [-0.2, -0.15) is 5.10 Å². The Morgan fingerprint density at radius 3 is 2.45 bits per heavy atom. The van der Waals surface area contributed by atoms with Crippen LogP contribution in [0, 0.1) is 0 Å². The third-order valence-electron chi connectivity index (χ3n) is 5.05. The molecule has 1 amide bonds. The van der Waals surface area contributed by atoms with Crippen LogP contribution in [0.5, 0.6) is 0 Å². The molecule has 0 bridgehead atoms. The molecule has 2 rings (SSSR count). The van der Waals surface area contributed by atoms with Gasteiger partial charge in [0.05, 0.1) is 16.7 Å². The molecule has 1 unspecified atom stereocenters. The van der Waals surface area contributed by atoms with E-state index >= 15 is 0 Å². The van der Waals surface area contributed by atoms with E-state index in [2.05, 4.69) is 25.8 Å². The number of hydrogen-bond acceptors (Lipinski definition) is 10. The lowest BCUT2D eigenvalue weighted by Crippen LogP contribution is -2.29. The maximum atomic E-state index is 12.7. The second kappa shape index (κ2) is 16.0. The molecule has 2 aromatic rings. The highest BCUT2D eigenvalue weighted by Gasteiger charge is 2.19. The third-order valence-corrected chi connectivity index (χ3v) is 7.36. The fourth-order valence-electron chi connectivity index (χ4n) is 2.95. The van der Waals surface area contributed by atoms with Crippen molar-refractivity contribution < 1.29 is 19.3 Å². The van der Waals surface area contributed by atoms with Crippen LogP contribution in [0.15, 0.2) is 69.0 Å². The first kappa shape index (κ1) is 31.1. The minimum Gasteiger partial charge on any atom is -0.398 e. The number of nitrogens with zero attached hydrogens (tertiary/aromatic N) is 4. The summed E-state index contributed by atoms with van der Waals surface area (Å²) < 4.78 is 0.633. The molecule has 0 saturated carbocycles. The number of carbonyl (C=O) groups is 2. The normalized spacial score (nSPS) is 13.7. The van der Waals surface area contributed by atoms with E-state index in [1.807, 2.05) is 25.3 Å². The van der Waals surface area contributed by atoms with Gasteiger partial charge >= 0.3 is 0 Å². The summed E-state index contributed by atoms with van der Waals surface area (Å²) in [7, 11) is 2.89. The van der Waals surface area contributed by atoms with Gasteiger partial charge in [0.2, 0.25) is 0 Å². The summed E-state index contributed by atoms with van der Waals surface area (Å²) in [4.78, 5) is 35.3. The van der Waals surface area contributed by atoms with Crippen molar-refractivity contribution in [1.82, 2.24) is 5.32 Å². The topological polar surface area (TPSA) is 114 Å². The van der Waals surface area contributed by atoms with Crippen molar-refractivity contribution in [2.75, 3.05) is 20.4 Å². The van der Waals surface area contributed by atoms with Gasteiger partial charge in [0.1, 0.15) is 13.7 Å². The van der Waals surface area contributed by atoms with Gasteiger partial charge in [-0.3, -0.25) is 9.59 Å². The fourth-order valence-corrected chi connectivity index (χ4v) is 4.71.